The maximum Gasteiger partial charge on any atom is -0.00201 e. The lowest BCUT2D eigenvalue weighted by Gasteiger charge is -2.14. The van der Waals surface area contributed by atoms with Gasteiger partial charge in [0, 0.05) is 0 Å². The van der Waals surface area contributed by atoms with E-state index in [0.717, 1.165) is 0 Å². The van der Waals surface area contributed by atoms with Gasteiger partial charge in [0.2, 0.25) is 0 Å². The van der Waals surface area contributed by atoms with E-state index in [2.05, 4.69) is 109 Å². The van der Waals surface area contributed by atoms with Gasteiger partial charge in [0.1, 0.15) is 0 Å². The molecule has 0 radical (unpaired) electrons. The molecule has 0 aliphatic rings. The molecule has 7 aromatic carbocycles. The van der Waals surface area contributed by atoms with Crippen molar-refractivity contribution >= 4 is 64.6 Å². The van der Waals surface area contributed by atoms with Crippen molar-refractivity contribution in [2.24, 2.45) is 0 Å². The predicted molar refractivity (Wildman–Crippen MR) is 131 cm³/mol. The Morgan fingerprint density at radius 1 is 0.267 bits per heavy atom. The highest BCUT2D eigenvalue weighted by atomic mass is 14.1. The van der Waals surface area contributed by atoms with E-state index in [1.807, 2.05) is 0 Å². The lowest BCUT2D eigenvalue weighted by Crippen LogP contribution is -1.86. The molecule has 0 saturated heterocycles. The molecule has 0 fully saturated rings. The van der Waals surface area contributed by atoms with E-state index in [-0.39, 0.29) is 0 Å². The lowest BCUT2D eigenvalue weighted by molar-refractivity contribution is 1.78. The highest BCUT2D eigenvalue weighted by Gasteiger charge is 2.12. The zero-order chi connectivity index (χ0) is 19.7. The van der Waals surface area contributed by atoms with E-state index in [4.69, 9.17) is 0 Å². The third kappa shape index (κ3) is 2.06. The van der Waals surface area contributed by atoms with Crippen molar-refractivity contribution in [2.45, 2.75) is 0 Å². The zero-order valence-electron chi connectivity index (χ0n) is 16.4. The number of benzene rings is 7. The van der Waals surface area contributed by atoms with Gasteiger partial charge in [-0.05, 0) is 76.8 Å². The molecule has 0 saturated carbocycles. The number of hydrogen-bond donors (Lipinski definition) is 0. The summed E-state index contributed by atoms with van der Waals surface area (Å²) in [6, 6.07) is 40.1. The molecule has 0 aliphatic heterocycles. The van der Waals surface area contributed by atoms with Gasteiger partial charge in [0.25, 0.3) is 0 Å². The molecule has 0 unspecified atom stereocenters. The third-order valence-electron chi connectivity index (χ3n) is 6.59. The summed E-state index contributed by atoms with van der Waals surface area (Å²) in [5.74, 6) is 0. The molecule has 0 aliphatic carbocycles. The van der Waals surface area contributed by atoms with Crippen molar-refractivity contribution < 1.29 is 0 Å². The fourth-order valence-electron chi connectivity index (χ4n) is 5.23. The Labute approximate surface area is 174 Å². The van der Waals surface area contributed by atoms with E-state index < -0.39 is 0 Å². The van der Waals surface area contributed by atoms with Crippen LogP contribution in [0, 0.1) is 0 Å². The van der Waals surface area contributed by atoms with Crippen LogP contribution in [0.3, 0.4) is 0 Å². The Morgan fingerprint density at radius 3 is 1.53 bits per heavy atom. The summed E-state index contributed by atoms with van der Waals surface area (Å²) in [6.45, 7) is 0. The molecule has 0 heteroatoms. The Balaban J connectivity index is 1.80. The molecular weight excluding hydrogens is 360 g/mol. The highest BCUT2D eigenvalue weighted by molar-refractivity contribution is 6.32. The minimum absolute atomic E-state index is 1.29. The fraction of sp³-hybridized carbons (Fsp3) is 0. The second kappa shape index (κ2) is 5.81. The smallest absolute Gasteiger partial charge is 0.00201 e. The van der Waals surface area contributed by atoms with Crippen molar-refractivity contribution in [1.82, 2.24) is 0 Å². The van der Waals surface area contributed by atoms with Crippen LogP contribution in [-0.4, -0.2) is 0 Å². The fourth-order valence-corrected chi connectivity index (χ4v) is 5.23. The van der Waals surface area contributed by atoms with Gasteiger partial charge < -0.3 is 0 Å². The Hall–Kier alpha value is -3.90. The number of fused-ring (bicyclic) bond motifs is 11. The molecule has 7 aromatic rings. The van der Waals surface area contributed by atoms with Crippen molar-refractivity contribution in [2.75, 3.05) is 0 Å². The summed E-state index contributed by atoms with van der Waals surface area (Å²) >= 11 is 0. The van der Waals surface area contributed by atoms with E-state index in [1.54, 1.807) is 0 Å². The molecule has 0 aromatic heterocycles. The predicted octanol–water partition coefficient (Wildman–Crippen LogP) is 8.61. The van der Waals surface area contributed by atoms with E-state index in [0.29, 0.717) is 0 Å². The summed E-state index contributed by atoms with van der Waals surface area (Å²) in [5.41, 5.74) is 0. The molecule has 0 bridgehead atoms. The van der Waals surface area contributed by atoms with Gasteiger partial charge in [-0.25, -0.2) is 0 Å². The van der Waals surface area contributed by atoms with E-state index >= 15 is 0 Å². The second-order valence-electron chi connectivity index (χ2n) is 8.16. The quantitative estimate of drug-likeness (QED) is 0.183. The van der Waals surface area contributed by atoms with Gasteiger partial charge in [-0.1, -0.05) is 97.1 Å². The first-order valence-corrected chi connectivity index (χ1v) is 10.5. The first-order chi connectivity index (χ1) is 14.9. The maximum atomic E-state index is 2.41. The topological polar surface area (TPSA) is 0 Å². The summed E-state index contributed by atoms with van der Waals surface area (Å²) in [6.07, 6.45) is 0. The zero-order valence-corrected chi connectivity index (χ0v) is 16.4. The van der Waals surface area contributed by atoms with Crippen LogP contribution in [-0.2, 0) is 0 Å². The minimum atomic E-state index is 1.29. The Bertz CT molecular complexity index is 1750. The standard InChI is InChI=1S/C30H18/c1-2-8-22-19(7-1)13-14-20-17-21-15-16-27-25-11-4-3-9-23(25)24-10-5-6-12-26(24)30(27)29(21)18-28(20)22/h1-18H. The minimum Gasteiger partial charge on any atom is -0.0616 e. The molecule has 0 spiro atoms. The molecule has 0 N–H and O–H groups in total. The van der Waals surface area contributed by atoms with E-state index in [9.17, 15) is 0 Å². The van der Waals surface area contributed by atoms with E-state index in [1.165, 1.54) is 64.6 Å². The van der Waals surface area contributed by atoms with Crippen LogP contribution < -0.4 is 0 Å². The van der Waals surface area contributed by atoms with Gasteiger partial charge in [-0.15, -0.1) is 0 Å². The second-order valence-corrected chi connectivity index (χ2v) is 8.16. The average molecular weight is 378 g/mol. The monoisotopic (exact) mass is 378 g/mol. The Kier molecular flexibility index (Phi) is 3.09. The molecule has 0 amide bonds. The van der Waals surface area contributed by atoms with Crippen LogP contribution in [0.1, 0.15) is 0 Å². The van der Waals surface area contributed by atoms with Crippen molar-refractivity contribution in [3.63, 3.8) is 0 Å². The summed E-state index contributed by atoms with van der Waals surface area (Å²) in [4.78, 5) is 0. The maximum absolute atomic E-state index is 2.41. The molecule has 7 rings (SSSR count). The number of hydrogen-bond acceptors (Lipinski definition) is 0. The van der Waals surface area contributed by atoms with Crippen LogP contribution in [0.15, 0.2) is 109 Å². The number of rotatable bonds is 0. The lowest BCUT2D eigenvalue weighted by atomic mass is 9.89. The SMILES string of the molecule is c1ccc2c(c1)ccc1cc3ccc4c5ccccc5c5ccccc5c4c3cc12. The molecular formula is C30H18. The van der Waals surface area contributed by atoms with Crippen LogP contribution in [0.2, 0.25) is 0 Å². The van der Waals surface area contributed by atoms with Gasteiger partial charge in [0.05, 0.1) is 0 Å². The van der Waals surface area contributed by atoms with Gasteiger partial charge in [-0.3, -0.25) is 0 Å². The molecule has 138 valence electrons. The van der Waals surface area contributed by atoms with Crippen LogP contribution in [0.4, 0.5) is 0 Å². The molecule has 30 heavy (non-hydrogen) atoms. The molecule has 0 nitrogen and oxygen atoms in total. The first kappa shape index (κ1) is 16.0. The summed E-state index contributed by atoms with van der Waals surface area (Å²) < 4.78 is 0. The van der Waals surface area contributed by atoms with Crippen LogP contribution in [0.25, 0.3) is 64.6 Å². The molecule has 0 atom stereocenters. The van der Waals surface area contributed by atoms with Gasteiger partial charge in [0.15, 0.2) is 0 Å². The summed E-state index contributed by atoms with van der Waals surface area (Å²) in [7, 11) is 0. The first-order valence-electron chi connectivity index (χ1n) is 10.5. The highest BCUT2D eigenvalue weighted by Crippen LogP contribution is 2.40. The van der Waals surface area contributed by atoms with Crippen LogP contribution >= 0.6 is 0 Å². The summed E-state index contributed by atoms with van der Waals surface area (Å²) in [5, 5.41) is 15.9. The molecule has 0 heterocycles. The van der Waals surface area contributed by atoms with Crippen LogP contribution in [0.5, 0.6) is 0 Å². The van der Waals surface area contributed by atoms with Gasteiger partial charge in [-0.2, -0.15) is 0 Å². The van der Waals surface area contributed by atoms with Crippen molar-refractivity contribution in [3.8, 4) is 0 Å². The van der Waals surface area contributed by atoms with Gasteiger partial charge >= 0.3 is 0 Å². The van der Waals surface area contributed by atoms with Crippen molar-refractivity contribution in [1.29, 1.82) is 0 Å². The average Bonchev–Trinajstić information content (AvgIpc) is 2.82. The van der Waals surface area contributed by atoms with Crippen molar-refractivity contribution in [3.05, 3.63) is 109 Å². The third-order valence-corrected chi connectivity index (χ3v) is 6.59. The normalized spacial score (nSPS) is 12.0. The Morgan fingerprint density at radius 2 is 0.767 bits per heavy atom. The largest absolute Gasteiger partial charge is 0.0616 e.